The highest BCUT2D eigenvalue weighted by atomic mass is 35.5. The molecule has 25 heavy (non-hydrogen) atoms. The molecule has 0 saturated heterocycles. The van der Waals surface area contributed by atoms with Crippen molar-refractivity contribution in [2.45, 2.75) is 6.42 Å². The maximum Gasteiger partial charge on any atom is 0.250 e. The van der Waals surface area contributed by atoms with Crippen LogP contribution in [0.5, 0.6) is 0 Å². The van der Waals surface area contributed by atoms with Crippen LogP contribution in [0.1, 0.15) is 5.56 Å². The Morgan fingerprint density at radius 1 is 1.12 bits per heavy atom. The van der Waals surface area contributed by atoms with E-state index in [2.05, 4.69) is 15.4 Å². The molecule has 0 radical (unpaired) electrons. The molecule has 0 saturated carbocycles. The van der Waals surface area contributed by atoms with Crippen molar-refractivity contribution in [1.82, 2.24) is 14.6 Å². The Hall–Kier alpha value is -2.70. The summed E-state index contributed by atoms with van der Waals surface area (Å²) in [7, 11) is 0. The van der Waals surface area contributed by atoms with E-state index in [1.54, 1.807) is 4.52 Å². The van der Waals surface area contributed by atoms with Crippen LogP contribution in [0.3, 0.4) is 0 Å². The fourth-order valence-electron chi connectivity index (χ4n) is 2.50. The van der Waals surface area contributed by atoms with Crippen LogP contribution < -0.4 is 5.32 Å². The molecule has 0 spiro atoms. The second kappa shape index (κ2) is 6.66. The lowest BCUT2D eigenvalue weighted by Crippen LogP contribution is -2.15. The van der Waals surface area contributed by atoms with Gasteiger partial charge in [0.05, 0.1) is 12.1 Å². The molecule has 0 bridgehead atoms. The summed E-state index contributed by atoms with van der Waals surface area (Å²) in [6, 6.07) is 17.1. The molecule has 0 unspecified atom stereocenters. The van der Waals surface area contributed by atoms with Crippen LogP contribution >= 0.6 is 22.9 Å². The number of hydrogen-bond donors (Lipinski definition) is 1. The Labute approximate surface area is 152 Å². The van der Waals surface area contributed by atoms with Crippen LogP contribution in [0.4, 0.5) is 5.95 Å². The molecule has 1 amide bonds. The molecule has 0 aliphatic carbocycles. The van der Waals surface area contributed by atoms with Crippen molar-refractivity contribution in [3.05, 3.63) is 70.6 Å². The standard InChI is InChI=1S/C18H13ClN4OS/c19-14-8-6-13(7-9-14)15-11-25-18-21-17(22-23(15)18)20-16(24)10-12-4-2-1-3-5-12/h1-9,11H,10H2,(H,20,22,24). The third-order valence-electron chi connectivity index (χ3n) is 3.68. The van der Waals surface area contributed by atoms with Crippen molar-refractivity contribution in [2.75, 3.05) is 5.32 Å². The zero-order valence-corrected chi connectivity index (χ0v) is 14.6. The van der Waals surface area contributed by atoms with E-state index in [1.165, 1.54) is 11.3 Å². The summed E-state index contributed by atoms with van der Waals surface area (Å²) in [6.07, 6.45) is 0.289. The van der Waals surface area contributed by atoms with E-state index in [-0.39, 0.29) is 12.3 Å². The van der Waals surface area contributed by atoms with Crippen molar-refractivity contribution < 1.29 is 4.79 Å². The molecular formula is C18H13ClN4OS. The number of carbonyl (C=O) groups excluding carboxylic acids is 1. The molecule has 0 fully saturated rings. The summed E-state index contributed by atoms with van der Waals surface area (Å²) in [6.45, 7) is 0. The van der Waals surface area contributed by atoms with Crippen LogP contribution in [0.25, 0.3) is 16.2 Å². The Morgan fingerprint density at radius 3 is 2.64 bits per heavy atom. The summed E-state index contributed by atoms with van der Waals surface area (Å²) in [5.74, 6) is 0.167. The summed E-state index contributed by atoms with van der Waals surface area (Å²) >= 11 is 7.41. The molecule has 2 heterocycles. The van der Waals surface area contributed by atoms with Gasteiger partial charge in [-0.25, -0.2) is 4.52 Å². The second-order valence-corrected chi connectivity index (χ2v) is 6.74. The third-order valence-corrected chi connectivity index (χ3v) is 4.75. The van der Waals surface area contributed by atoms with Crippen molar-refractivity contribution in [3.8, 4) is 11.3 Å². The SMILES string of the molecule is O=C(Cc1ccccc1)Nc1nc2scc(-c3ccc(Cl)cc3)n2n1. The molecule has 4 rings (SSSR count). The summed E-state index contributed by atoms with van der Waals surface area (Å²) in [4.78, 5) is 17.3. The first-order valence-corrected chi connectivity index (χ1v) is 8.89. The van der Waals surface area contributed by atoms with Crippen LogP contribution in [0, 0.1) is 0 Å². The molecule has 1 N–H and O–H groups in total. The summed E-state index contributed by atoms with van der Waals surface area (Å²) in [5, 5.41) is 9.82. The molecule has 0 aliphatic rings. The minimum atomic E-state index is -0.141. The number of rotatable bonds is 4. The van der Waals surface area contributed by atoms with Crippen molar-refractivity contribution in [3.63, 3.8) is 0 Å². The van der Waals surface area contributed by atoms with Gasteiger partial charge in [-0.3, -0.25) is 10.1 Å². The smallest absolute Gasteiger partial charge is 0.250 e. The van der Waals surface area contributed by atoms with Gasteiger partial charge in [0.1, 0.15) is 0 Å². The normalized spacial score (nSPS) is 10.9. The number of amides is 1. The highest BCUT2D eigenvalue weighted by Gasteiger charge is 2.13. The van der Waals surface area contributed by atoms with E-state index in [4.69, 9.17) is 11.6 Å². The van der Waals surface area contributed by atoms with Crippen LogP contribution in [-0.2, 0) is 11.2 Å². The Kier molecular flexibility index (Phi) is 4.21. The first-order chi connectivity index (χ1) is 12.2. The topological polar surface area (TPSA) is 59.3 Å². The number of nitrogens with one attached hydrogen (secondary N) is 1. The van der Waals surface area contributed by atoms with E-state index in [0.717, 1.165) is 21.8 Å². The van der Waals surface area contributed by atoms with Gasteiger partial charge in [-0.1, -0.05) is 54.1 Å². The van der Waals surface area contributed by atoms with E-state index in [9.17, 15) is 4.79 Å². The lowest BCUT2D eigenvalue weighted by Gasteiger charge is -2.01. The lowest BCUT2D eigenvalue weighted by atomic mass is 10.1. The molecule has 2 aromatic carbocycles. The molecule has 5 nitrogen and oxygen atoms in total. The van der Waals surface area contributed by atoms with Gasteiger partial charge in [-0.05, 0) is 17.7 Å². The van der Waals surface area contributed by atoms with E-state index in [1.807, 2.05) is 60.0 Å². The number of fused-ring (bicyclic) bond motifs is 1. The van der Waals surface area contributed by atoms with Crippen LogP contribution in [0.15, 0.2) is 60.0 Å². The van der Waals surface area contributed by atoms with E-state index < -0.39 is 0 Å². The van der Waals surface area contributed by atoms with Crippen molar-refractivity contribution >= 4 is 39.8 Å². The molecule has 0 atom stereocenters. The van der Waals surface area contributed by atoms with Gasteiger partial charge >= 0.3 is 0 Å². The Morgan fingerprint density at radius 2 is 1.88 bits per heavy atom. The molecule has 4 aromatic rings. The molecular weight excluding hydrogens is 356 g/mol. The minimum Gasteiger partial charge on any atom is -0.293 e. The second-order valence-electron chi connectivity index (χ2n) is 5.47. The lowest BCUT2D eigenvalue weighted by molar-refractivity contribution is -0.115. The number of nitrogens with zero attached hydrogens (tertiary/aromatic N) is 3. The Balaban J connectivity index is 1.55. The third kappa shape index (κ3) is 3.40. The number of hydrogen-bond acceptors (Lipinski definition) is 4. The fraction of sp³-hybridized carbons (Fsp3) is 0.0556. The van der Waals surface area contributed by atoms with Gasteiger partial charge in [-0.2, -0.15) is 4.98 Å². The predicted octanol–water partition coefficient (Wildman–Crippen LogP) is 4.29. The van der Waals surface area contributed by atoms with Crippen molar-refractivity contribution in [2.24, 2.45) is 0 Å². The number of aromatic nitrogens is 3. The van der Waals surface area contributed by atoms with Gasteiger partial charge in [0.25, 0.3) is 0 Å². The zero-order valence-electron chi connectivity index (χ0n) is 13.0. The first-order valence-electron chi connectivity index (χ1n) is 7.63. The highest BCUT2D eigenvalue weighted by Crippen LogP contribution is 2.26. The van der Waals surface area contributed by atoms with E-state index >= 15 is 0 Å². The highest BCUT2D eigenvalue weighted by molar-refractivity contribution is 7.15. The van der Waals surface area contributed by atoms with Crippen LogP contribution in [-0.4, -0.2) is 20.5 Å². The Bertz CT molecular complexity index is 1020. The first kappa shape index (κ1) is 15.8. The maximum atomic E-state index is 12.2. The average molecular weight is 369 g/mol. The number of anilines is 1. The average Bonchev–Trinajstić information content (AvgIpc) is 3.16. The monoisotopic (exact) mass is 368 g/mol. The van der Waals surface area contributed by atoms with Gasteiger partial charge in [-0.15, -0.1) is 16.4 Å². The predicted molar refractivity (Wildman–Crippen MR) is 100 cm³/mol. The van der Waals surface area contributed by atoms with Crippen LogP contribution in [0.2, 0.25) is 5.02 Å². The molecule has 7 heteroatoms. The molecule has 0 aliphatic heterocycles. The summed E-state index contributed by atoms with van der Waals surface area (Å²) < 4.78 is 1.73. The van der Waals surface area contributed by atoms with Gasteiger partial charge in [0, 0.05) is 16.0 Å². The molecule has 2 aromatic heterocycles. The minimum absolute atomic E-state index is 0.141. The maximum absolute atomic E-state index is 12.2. The number of benzene rings is 2. The zero-order chi connectivity index (χ0) is 17.2. The number of thiazole rings is 1. The summed E-state index contributed by atoms with van der Waals surface area (Å²) in [5.41, 5.74) is 2.85. The fourth-order valence-corrected chi connectivity index (χ4v) is 3.46. The van der Waals surface area contributed by atoms with Gasteiger partial charge in [0.15, 0.2) is 0 Å². The van der Waals surface area contributed by atoms with Gasteiger partial charge in [0.2, 0.25) is 16.8 Å². The van der Waals surface area contributed by atoms with Crippen molar-refractivity contribution in [1.29, 1.82) is 0 Å². The quantitative estimate of drug-likeness (QED) is 0.584. The van der Waals surface area contributed by atoms with Gasteiger partial charge < -0.3 is 0 Å². The number of carbonyl (C=O) groups is 1. The molecule has 124 valence electrons. The van der Waals surface area contributed by atoms with E-state index in [0.29, 0.717) is 11.0 Å². The largest absolute Gasteiger partial charge is 0.293 e. The number of halogens is 1.